The van der Waals surface area contributed by atoms with Crippen LogP contribution in [0.1, 0.15) is 68.7 Å². The van der Waals surface area contributed by atoms with E-state index < -0.39 is 0 Å². The van der Waals surface area contributed by atoms with E-state index in [2.05, 4.69) is 98.1 Å². The van der Waals surface area contributed by atoms with Gasteiger partial charge in [0, 0.05) is 11.1 Å². The van der Waals surface area contributed by atoms with Gasteiger partial charge in [0.1, 0.15) is 0 Å². The molecular formula is C34H33N. The van der Waals surface area contributed by atoms with E-state index in [9.17, 15) is 0 Å². The summed E-state index contributed by atoms with van der Waals surface area (Å²) in [5, 5.41) is 5.62. The van der Waals surface area contributed by atoms with Crippen LogP contribution in [0.4, 0.5) is 0 Å². The topological polar surface area (TPSA) is 4.93 Å². The van der Waals surface area contributed by atoms with Gasteiger partial charge in [-0.05, 0) is 76.4 Å². The van der Waals surface area contributed by atoms with E-state index in [1.54, 1.807) is 11.1 Å². The highest BCUT2D eigenvalue weighted by Gasteiger charge is 2.46. The van der Waals surface area contributed by atoms with Crippen molar-refractivity contribution in [2.45, 2.75) is 64.8 Å². The van der Waals surface area contributed by atoms with Gasteiger partial charge in [-0.1, -0.05) is 99.5 Å². The molecule has 0 spiro atoms. The number of benzene rings is 4. The Morgan fingerprint density at radius 3 is 1.46 bits per heavy atom. The normalized spacial score (nSPS) is 14.5. The number of nitrogens with zero attached hydrogens (tertiary/aromatic N) is 1. The van der Waals surface area contributed by atoms with Gasteiger partial charge in [0.05, 0.1) is 16.9 Å². The van der Waals surface area contributed by atoms with Gasteiger partial charge < -0.3 is 4.57 Å². The lowest BCUT2D eigenvalue weighted by atomic mass is 9.73. The Morgan fingerprint density at radius 2 is 1.03 bits per heavy atom. The summed E-state index contributed by atoms with van der Waals surface area (Å²) in [4.78, 5) is 0. The molecule has 3 heterocycles. The number of hydrogen-bond acceptors (Lipinski definition) is 0. The molecule has 0 N–H and O–H groups in total. The van der Waals surface area contributed by atoms with Crippen LogP contribution >= 0.6 is 0 Å². The maximum absolute atomic E-state index is 2.78. The molecule has 0 saturated heterocycles. The minimum absolute atomic E-state index is 0.224. The molecule has 1 heteroatoms. The molecule has 0 amide bonds. The minimum atomic E-state index is -0.224. The number of rotatable bonds is 6. The van der Waals surface area contributed by atoms with Gasteiger partial charge >= 0.3 is 0 Å². The summed E-state index contributed by atoms with van der Waals surface area (Å²) in [7, 11) is 0. The Labute approximate surface area is 208 Å². The summed E-state index contributed by atoms with van der Waals surface area (Å²) < 4.78 is 2.78. The van der Waals surface area contributed by atoms with Gasteiger partial charge in [0.25, 0.3) is 0 Å². The molecule has 1 nitrogen and oxygen atoms in total. The molecule has 2 aliphatic heterocycles. The number of aromatic nitrogens is 1. The Hall–Kier alpha value is -3.32. The zero-order chi connectivity index (χ0) is 23.7. The van der Waals surface area contributed by atoms with Gasteiger partial charge in [-0.15, -0.1) is 0 Å². The van der Waals surface area contributed by atoms with Crippen LogP contribution in [0.15, 0.2) is 72.8 Å². The van der Waals surface area contributed by atoms with Crippen LogP contribution in [0.3, 0.4) is 0 Å². The molecule has 4 aromatic carbocycles. The fourth-order valence-electron chi connectivity index (χ4n) is 7.20. The Bertz CT molecular complexity index is 1500. The molecule has 0 radical (unpaired) electrons. The quantitative estimate of drug-likeness (QED) is 0.240. The lowest BCUT2D eigenvalue weighted by Gasteiger charge is -2.44. The van der Waals surface area contributed by atoms with Crippen molar-refractivity contribution in [1.29, 1.82) is 0 Å². The zero-order valence-corrected chi connectivity index (χ0v) is 21.1. The number of fused-ring (bicyclic) bond motifs is 4. The van der Waals surface area contributed by atoms with E-state index in [1.807, 2.05) is 0 Å². The summed E-state index contributed by atoms with van der Waals surface area (Å²) in [6.45, 7) is 7.14. The number of unbranched alkanes of at least 4 members (excludes halogenated alkanes) is 2. The molecule has 35 heavy (non-hydrogen) atoms. The maximum atomic E-state index is 2.78. The maximum Gasteiger partial charge on any atom is 0.0940 e. The second-order valence-corrected chi connectivity index (χ2v) is 10.7. The Balaban J connectivity index is 1.73. The fourth-order valence-corrected chi connectivity index (χ4v) is 7.20. The highest BCUT2D eigenvalue weighted by molar-refractivity contribution is 6.08. The summed E-state index contributed by atoms with van der Waals surface area (Å²) in [6.07, 6.45) is 7.24. The zero-order valence-electron chi connectivity index (χ0n) is 21.1. The smallest absolute Gasteiger partial charge is 0.0940 e. The molecule has 1 aromatic heterocycles. The second kappa shape index (κ2) is 7.59. The van der Waals surface area contributed by atoms with Gasteiger partial charge in [-0.2, -0.15) is 0 Å². The van der Waals surface area contributed by atoms with Crippen molar-refractivity contribution >= 4 is 21.5 Å². The summed E-state index contributed by atoms with van der Waals surface area (Å²) in [5.41, 5.74) is 11.7. The molecule has 7 rings (SSSR count). The Kier molecular flexibility index (Phi) is 4.55. The highest BCUT2D eigenvalue weighted by atomic mass is 15.1. The lowest BCUT2D eigenvalue weighted by Crippen LogP contribution is -2.38. The molecule has 2 aliphatic rings. The predicted molar refractivity (Wildman–Crippen MR) is 149 cm³/mol. The Morgan fingerprint density at radius 1 is 0.600 bits per heavy atom. The van der Waals surface area contributed by atoms with Crippen LogP contribution in [-0.2, 0) is 18.4 Å². The third kappa shape index (κ3) is 2.59. The first kappa shape index (κ1) is 21.0. The largest absolute Gasteiger partial charge is 0.326 e. The van der Waals surface area contributed by atoms with Gasteiger partial charge in [-0.25, -0.2) is 0 Å². The van der Waals surface area contributed by atoms with Crippen LogP contribution in [0.5, 0.6) is 0 Å². The van der Waals surface area contributed by atoms with E-state index in [-0.39, 0.29) is 5.54 Å². The standard InChI is InChI=1S/C34H33N/c1-4-6-16-24-25(17-7-5-2)33-27-19-9-13-23-15-11-21-29(31(23)27)34(3)28-20-10-14-22-12-8-18-26(30(22)28)32(24)35(33)34/h8-15,18-21H,4-7,16-17H2,1-3H3. The third-order valence-electron chi connectivity index (χ3n) is 8.76. The predicted octanol–water partition coefficient (Wildman–Crippen LogP) is 9.25. The van der Waals surface area contributed by atoms with Crippen molar-refractivity contribution < 1.29 is 0 Å². The van der Waals surface area contributed by atoms with Gasteiger partial charge in [0.2, 0.25) is 0 Å². The van der Waals surface area contributed by atoms with Crippen molar-refractivity contribution in [3.8, 4) is 22.5 Å². The molecular weight excluding hydrogens is 422 g/mol. The summed E-state index contributed by atoms with van der Waals surface area (Å²) in [6, 6.07) is 27.8. The first-order valence-electron chi connectivity index (χ1n) is 13.5. The third-order valence-corrected chi connectivity index (χ3v) is 8.76. The van der Waals surface area contributed by atoms with Crippen LogP contribution in [-0.4, -0.2) is 4.57 Å². The van der Waals surface area contributed by atoms with Crippen LogP contribution in [0.25, 0.3) is 44.1 Å². The monoisotopic (exact) mass is 455 g/mol. The molecule has 0 aliphatic carbocycles. The van der Waals surface area contributed by atoms with Crippen molar-refractivity contribution in [3.05, 3.63) is 95.1 Å². The van der Waals surface area contributed by atoms with E-state index in [0.717, 1.165) is 12.8 Å². The van der Waals surface area contributed by atoms with E-state index in [1.165, 1.54) is 80.9 Å². The van der Waals surface area contributed by atoms with E-state index >= 15 is 0 Å². The lowest BCUT2D eigenvalue weighted by molar-refractivity contribution is 0.485. The SMILES string of the molecule is CCCCc1c(CCCC)c2n3c1-c1cccc4cccc(c14)C3(C)c1cccc3cccc-2c13. The molecule has 174 valence electrons. The highest BCUT2D eigenvalue weighted by Crippen LogP contribution is 2.58. The van der Waals surface area contributed by atoms with E-state index in [4.69, 9.17) is 0 Å². The summed E-state index contributed by atoms with van der Waals surface area (Å²) in [5.74, 6) is 0. The number of hydrogen-bond donors (Lipinski definition) is 0. The molecule has 0 saturated carbocycles. The van der Waals surface area contributed by atoms with Crippen molar-refractivity contribution in [1.82, 2.24) is 4.57 Å². The van der Waals surface area contributed by atoms with Crippen LogP contribution < -0.4 is 0 Å². The van der Waals surface area contributed by atoms with Gasteiger partial charge in [-0.3, -0.25) is 0 Å². The molecule has 0 bridgehead atoms. The van der Waals surface area contributed by atoms with Crippen molar-refractivity contribution in [3.63, 3.8) is 0 Å². The van der Waals surface area contributed by atoms with E-state index in [0.29, 0.717) is 0 Å². The minimum Gasteiger partial charge on any atom is -0.326 e. The molecule has 5 aromatic rings. The molecule has 0 fully saturated rings. The summed E-state index contributed by atoms with van der Waals surface area (Å²) >= 11 is 0. The van der Waals surface area contributed by atoms with Crippen LogP contribution in [0, 0.1) is 0 Å². The fraction of sp³-hybridized carbons (Fsp3) is 0.294. The van der Waals surface area contributed by atoms with Crippen molar-refractivity contribution in [2.75, 3.05) is 0 Å². The first-order valence-corrected chi connectivity index (χ1v) is 13.5. The molecule has 0 unspecified atom stereocenters. The molecule has 0 atom stereocenters. The first-order chi connectivity index (χ1) is 17.2. The second-order valence-electron chi connectivity index (χ2n) is 10.7. The van der Waals surface area contributed by atoms with Crippen molar-refractivity contribution in [2.24, 2.45) is 0 Å². The average molecular weight is 456 g/mol. The average Bonchev–Trinajstić information content (AvgIpc) is 3.22. The van der Waals surface area contributed by atoms with Crippen LogP contribution in [0.2, 0.25) is 0 Å². The van der Waals surface area contributed by atoms with Gasteiger partial charge in [0.15, 0.2) is 0 Å².